The molecule has 0 aromatic carbocycles. The van der Waals surface area contributed by atoms with Gasteiger partial charge in [0.1, 0.15) is 11.6 Å². The van der Waals surface area contributed by atoms with Crippen molar-refractivity contribution in [2.24, 2.45) is 0 Å². The molecule has 0 bridgehead atoms. The topological polar surface area (TPSA) is 57.8 Å². The second-order valence-corrected chi connectivity index (χ2v) is 5.38. The summed E-state index contributed by atoms with van der Waals surface area (Å²) in [6.07, 6.45) is 3.24. The number of aromatic amines is 1. The zero-order valence-corrected chi connectivity index (χ0v) is 10.8. The molecular weight excluding hydrogens is 246 g/mol. The molecule has 2 aromatic heterocycles. The highest BCUT2D eigenvalue weighted by Gasteiger charge is 2.26. The third-order valence-corrected chi connectivity index (χ3v) is 3.76. The van der Waals surface area contributed by atoms with Crippen LogP contribution in [0.3, 0.4) is 0 Å². The van der Waals surface area contributed by atoms with Crippen LogP contribution in [-0.2, 0) is 6.42 Å². The van der Waals surface area contributed by atoms with Crippen LogP contribution in [0.25, 0.3) is 0 Å². The Kier molecular flexibility index (Phi) is 3.15. The zero-order chi connectivity index (χ0) is 12.4. The third kappa shape index (κ3) is 2.79. The molecule has 1 saturated carbocycles. The predicted molar refractivity (Wildman–Crippen MR) is 73.3 cm³/mol. The van der Waals surface area contributed by atoms with Gasteiger partial charge < -0.3 is 10.3 Å². The van der Waals surface area contributed by atoms with E-state index in [1.807, 2.05) is 0 Å². The van der Waals surface area contributed by atoms with Gasteiger partial charge in [-0.15, -0.1) is 0 Å². The van der Waals surface area contributed by atoms with Crippen molar-refractivity contribution in [1.82, 2.24) is 9.97 Å². The fraction of sp³-hybridized carbons (Fsp3) is 0.385. The zero-order valence-electron chi connectivity index (χ0n) is 9.98. The first-order valence-corrected chi connectivity index (χ1v) is 7.12. The van der Waals surface area contributed by atoms with E-state index in [4.69, 9.17) is 0 Å². The number of hydrogen-bond donors (Lipinski definition) is 2. The summed E-state index contributed by atoms with van der Waals surface area (Å²) in [6.45, 7) is 0.803. The first-order chi connectivity index (χ1) is 8.81. The molecule has 2 N–H and O–H groups in total. The van der Waals surface area contributed by atoms with Crippen LogP contribution < -0.4 is 10.9 Å². The Balaban J connectivity index is 1.63. The smallest absolute Gasteiger partial charge is 0.252 e. The fourth-order valence-electron chi connectivity index (χ4n) is 1.89. The molecule has 2 aromatic rings. The number of nitrogens with one attached hydrogen (secondary N) is 2. The lowest BCUT2D eigenvalue weighted by atomic mass is 10.2. The van der Waals surface area contributed by atoms with Gasteiger partial charge in [-0.1, -0.05) is 0 Å². The highest BCUT2D eigenvalue weighted by atomic mass is 32.1. The molecule has 2 heterocycles. The van der Waals surface area contributed by atoms with Crippen LogP contribution in [0.2, 0.25) is 0 Å². The van der Waals surface area contributed by atoms with Crippen molar-refractivity contribution in [2.45, 2.75) is 25.2 Å². The van der Waals surface area contributed by atoms with Gasteiger partial charge in [-0.05, 0) is 41.7 Å². The van der Waals surface area contributed by atoms with Crippen molar-refractivity contribution in [1.29, 1.82) is 0 Å². The summed E-state index contributed by atoms with van der Waals surface area (Å²) in [6, 6.07) is 3.65. The molecular formula is C13H15N3OS. The average molecular weight is 261 g/mol. The first kappa shape index (κ1) is 11.5. The molecule has 5 heteroatoms. The van der Waals surface area contributed by atoms with E-state index in [1.165, 1.54) is 11.6 Å². The van der Waals surface area contributed by atoms with Crippen molar-refractivity contribution in [2.75, 3.05) is 11.9 Å². The quantitative estimate of drug-likeness (QED) is 0.868. The Morgan fingerprint density at radius 2 is 2.39 bits per heavy atom. The summed E-state index contributed by atoms with van der Waals surface area (Å²) in [5.74, 6) is 1.99. The predicted octanol–water partition coefficient (Wildman–Crippen LogP) is 2.36. The lowest BCUT2D eigenvalue weighted by Gasteiger charge is -2.06. The van der Waals surface area contributed by atoms with E-state index >= 15 is 0 Å². The Labute approximate surface area is 109 Å². The molecule has 0 aliphatic heterocycles. The second kappa shape index (κ2) is 4.94. The Hall–Kier alpha value is -1.62. The summed E-state index contributed by atoms with van der Waals surface area (Å²) in [5.41, 5.74) is 1.25. The van der Waals surface area contributed by atoms with E-state index in [2.05, 4.69) is 32.1 Å². The normalized spacial score (nSPS) is 14.7. The van der Waals surface area contributed by atoms with Crippen LogP contribution in [0, 0.1) is 0 Å². The number of thiophene rings is 1. The van der Waals surface area contributed by atoms with Crippen LogP contribution in [0.15, 0.2) is 27.7 Å². The molecule has 94 valence electrons. The van der Waals surface area contributed by atoms with Gasteiger partial charge in [-0.25, -0.2) is 4.98 Å². The Bertz CT molecular complexity index is 572. The maximum atomic E-state index is 11.5. The second-order valence-electron chi connectivity index (χ2n) is 4.60. The SMILES string of the molecule is O=c1cc(NCCc2ccsc2)nc(C2CC2)[nH]1. The minimum Gasteiger partial charge on any atom is -0.370 e. The number of nitrogens with zero attached hydrogens (tertiary/aromatic N) is 1. The van der Waals surface area contributed by atoms with Crippen molar-refractivity contribution >= 4 is 17.2 Å². The average Bonchev–Trinajstić information content (AvgIpc) is 3.08. The van der Waals surface area contributed by atoms with Crippen LogP contribution in [-0.4, -0.2) is 16.5 Å². The van der Waals surface area contributed by atoms with Crippen molar-refractivity contribution in [3.8, 4) is 0 Å². The Morgan fingerprint density at radius 1 is 1.50 bits per heavy atom. The minimum atomic E-state index is -0.0649. The molecule has 18 heavy (non-hydrogen) atoms. The van der Waals surface area contributed by atoms with Gasteiger partial charge in [0.05, 0.1) is 0 Å². The van der Waals surface area contributed by atoms with Gasteiger partial charge in [0.2, 0.25) is 0 Å². The van der Waals surface area contributed by atoms with Crippen molar-refractivity contribution in [3.63, 3.8) is 0 Å². The molecule has 0 unspecified atom stereocenters. The van der Waals surface area contributed by atoms with Gasteiger partial charge in [0, 0.05) is 18.5 Å². The molecule has 1 aliphatic carbocycles. The first-order valence-electron chi connectivity index (χ1n) is 6.17. The van der Waals surface area contributed by atoms with Crippen molar-refractivity contribution < 1.29 is 0 Å². The van der Waals surface area contributed by atoms with Crippen LogP contribution >= 0.6 is 11.3 Å². The number of rotatable bonds is 5. The Morgan fingerprint density at radius 3 is 3.11 bits per heavy atom. The molecule has 1 aliphatic rings. The fourth-order valence-corrected chi connectivity index (χ4v) is 2.59. The lowest BCUT2D eigenvalue weighted by molar-refractivity contribution is 0.899. The summed E-state index contributed by atoms with van der Waals surface area (Å²) < 4.78 is 0. The van der Waals surface area contributed by atoms with E-state index in [-0.39, 0.29) is 5.56 Å². The van der Waals surface area contributed by atoms with E-state index in [0.29, 0.717) is 11.7 Å². The molecule has 3 rings (SSSR count). The molecule has 0 spiro atoms. The highest BCUT2D eigenvalue weighted by molar-refractivity contribution is 7.07. The standard InChI is InChI=1S/C13H15N3OS/c17-12-7-11(15-13(16-12)10-1-2-10)14-5-3-9-4-6-18-8-9/h4,6-8,10H,1-3,5H2,(H2,14,15,16,17). The largest absolute Gasteiger partial charge is 0.370 e. The lowest BCUT2D eigenvalue weighted by Crippen LogP contribution is -2.14. The monoisotopic (exact) mass is 261 g/mol. The summed E-state index contributed by atoms with van der Waals surface area (Å²) in [7, 11) is 0. The molecule has 0 radical (unpaired) electrons. The van der Waals surface area contributed by atoms with E-state index in [9.17, 15) is 4.79 Å². The minimum absolute atomic E-state index is 0.0649. The van der Waals surface area contributed by atoms with Crippen LogP contribution in [0.4, 0.5) is 5.82 Å². The van der Waals surface area contributed by atoms with E-state index < -0.39 is 0 Å². The summed E-state index contributed by atoms with van der Waals surface area (Å²) in [5, 5.41) is 7.44. The summed E-state index contributed by atoms with van der Waals surface area (Å²) in [4.78, 5) is 18.8. The molecule has 0 atom stereocenters. The molecule has 0 saturated heterocycles. The third-order valence-electron chi connectivity index (χ3n) is 3.02. The van der Waals surface area contributed by atoms with Gasteiger partial charge in [-0.2, -0.15) is 11.3 Å². The molecule has 0 amide bonds. The number of aromatic nitrogens is 2. The number of hydrogen-bond acceptors (Lipinski definition) is 4. The van der Waals surface area contributed by atoms with Gasteiger partial charge >= 0.3 is 0 Å². The van der Waals surface area contributed by atoms with Gasteiger partial charge in [0.15, 0.2) is 0 Å². The number of H-pyrrole nitrogens is 1. The maximum Gasteiger partial charge on any atom is 0.252 e. The van der Waals surface area contributed by atoms with Gasteiger partial charge in [0.25, 0.3) is 5.56 Å². The van der Waals surface area contributed by atoms with Gasteiger partial charge in [-0.3, -0.25) is 4.79 Å². The summed E-state index contributed by atoms with van der Waals surface area (Å²) >= 11 is 1.70. The van der Waals surface area contributed by atoms with Crippen LogP contribution in [0.5, 0.6) is 0 Å². The van der Waals surface area contributed by atoms with Crippen LogP contribution in [0.1, 0.15) is 30.1 Å². The highest BCUT2D eigenvalue weighted by Crippen LogP contribution is 2.37. The van der Waals surface area contributed by atoms with E-state index in [1.54, 1.807) is 11.3 Å². The molecule has 4 nitrogen and oxygen atoms in total. The van der Waals surface area contributed by atoms with Crippen molar-refractivity contribution in [3.05, 3.63) is 44.6 Å². The number of anilines is 1. The van der Waals surface area contributed by atoms with E-state index in [0.717, 1.165) is 31.6 Å². The molecule has 1 fully saturated rings. The maximum absolute atomic E-state index is 11.5.